The molecule has 2 aliphatic rings. The van der Waals surface area contributed by atoms with E-state index in [1.165, 1.54) is 11.4 Å². The van der Waals surface area contributed by atoms with Crippen molar-refractivity contribution in [2.24, 2.45) is 0 Å². The van der Waals surface area contributed by atoms with Crippen LogP contribution in [-0.2, 0) is 20.6 Å². The number of sulfonamides is 1. The summed E-state index contributed by atoms with van der Waals surface area (Å²) in [4.78, 5) is 15.6. The van der Waals surface area contributed by atoms with Gasteiger partial charge in [-0.2, -0.15) is 5.21 Å². The van der Waals surface area contributed by atoms with E-state index < -0.39 is 22.0 Å². The van der Waals surface area contributed by atoms with Crippen molar-refractivity contribution in [1.82, 2.24) is 30.8 Å². The fraction of sp³-hybridized carbons (Fsp3) is 0.417. The molecule has 1 fully saturated rings. The van der Waals surface area contributed by atoms with Crippen molar-refractivity contribution in [2.45, 2.75) is 30.1 Å². The van der Waals surface area contributed by atoms with Crippen LogP contribution in [0.4, 0.5) is 5.69 Å². The van der Waals surface area contributed by atoms with Crippen molar-refractivity contribution >= 4 is 21.6 Å². The van der Waals surface area contributed by atoms with Crippen LogP contribution in [-0.4, -0.2) is 84.8 Å². The normalized spacial score (nSPS) is 20.8. The van der Waals surface area contributed by atoms with Gasteiger partial charge in [0.1, 0.15) is 0 Å². The molecule has 2 aliphatic heterocycles. The van der Waals surface area contributed by atoms with Gasteiger partial charge in [-0.25, -0.2) is 8.42 Å². The molecule has 3 heterocycles. The van der Waals surface area contributed by atoms with Crippen LogP contribution in [0.2, 0.25) is 0 Å². The lowest BCUT2D eigenvalue weighted by Crippen LogP contribution is -2.36. The van der Waals surface area contributed by atoms with Gasteiger partial charge in [0.2, 0.25) is 21.8 Å². The molecule has 0 aliphatic carbocycles. The maximum atomic E-state index is 13.4. The van der Waals surface area contributed by atoms with Crippen LogP contribution >= 0.6 is 0 Å². The number of benzene rings is 2. The second-order valence-corrected chi connectivity index (χ2v) is 11.4. The molecule has 3 N–H and O–H groups in total. The Morgan fingerprint density at radius 1 is 1.25 bits per heavy atom. The minimum Gasteiger partial charge on any atom is -0.392 e. The van der Waals surface area contributed by atoms with E-state index in [2.05, 4.69) is 30.8 Å². The van der Waals surface area contributed by atoms with Crippen LogP contribution in [0.25, 0.3) is 11.4 Å². The summed E-state index contributed by atoms with van der Waals surface area (Å²) >= 11 is 0. The van der Waals surface area contributed by atoms with Gasteiger partial charge < -0.3 is 15.3 Å². The maximum Gasteiger partial charge on any atom is 0.239 e. The molecule has 0 bridgehead atoms. The van der Waals surface area contributed by atoms with Crippen LogP contribution in [0.3, 0.4) is 0 Å². The predicted octanol–water partition coefficient (Wildman–Crippen LogP) is 0.826. The number of likely N-dealkylation sites (tertiary alicyclic amines) is 1. The van der Waals surface area contributed by atoms with E-state index in [4.69, 9.17) is 0 Å². The zero-order chi connectivity index (χ0) is 25.4. The van der Waals surface area contributed by atoms with Crippen molar-refractivity contribution < 1.29 is 18.3 Å². The van der Waals surface area contributed by atoms with Gasteiger partial charge in [0, 0.05) is 45.2 Å². The third kappa shape index (κ3) is 4.59. The number of tetrazole rings is 1. The number of anilines is 1. The lowest BCUT2D eigenvalue weighted by molar-refractivity contribution is -0.122. The van der Waals surface area contributed by atoms with E-state index in [0.717, 1.165) is 28.8 Å². The SMILES string of the molecule is CNC(=O)C(c1ccc2c(c1)N(C)S(=O)(=O)C2)[C@H](CN1CC[C@H](O)C1)c1cccc(-c2nn[nH]n2)c1. The monoisotopic (exact) mass is 511 g/mol. The number of aromatic amines is 1. The van der Waals surface area contributed by atoms with Gasteiger partial charge in [-0.05, 0) is 40.5 Å². The fourth-order valence-electron chi connectivity index (χ4n) is 5.21. The Labute approximate surface area is 209 Å². The Bertz CT molecular complexity index is 1360. The molecular formula is C24H29N7O4S. The van der Waals surface area contributed by atoms with Crippen molar-refractivity contribution in [1.29, 1.82) is 0 Å². The third-order valence-corrected chi connectivity index (χ3v) is 8.82. The summed E-state index contributed by atoms with van der Waals surface area (Å²) in [6, 6.07) is 13.2. The molecule has 36 heavy (non-hydrogen) atoms. The lowest BCUT2D eigenvalue weighted by atomic mass is 9.79. The summed E-state index contributed by atoms with van der Waals surface area (Å²) in [6.07, 6.45) is 0.288. The summed E-state index contributed by atoms with van der Waals surface area (Å²) in [5.41, 5.74) is 3.72. The highest BCUT2D eigenvalue weighted by atomic mass is 32.2. The van der Waals surface area contributed by atoms with Gasteiger partial charge in [-0.1, -0.05) is 30.3 Å². The molecule has 0 spiro atoms. The summed E-state index contributed by atoms with van der Waals surface area (Å²) < 4.78 is 26.2. The van der Waals surface area contributed by atoms with Gasteiger partial charge in [0.15, 0.2) is 0 Å². The smallest absolute Gasteiger partial charge is 0.239 e. The number of amides is 1. The molecule has 3 aromatic rings. The Kier molecular flexibility index (Phi) is 6.49. The first-order valence-electron chi connectivity index (χ1n) is 11.8. The van der Waals surface area contributed by atoms with E-state index in [1.807, 2.05) is 36.4 Å². The van der Waals surface area contributed by atoms with Crippen LogP contribution in [0, 0.1) is 0 Å². The Morgan fingerprint density at radius 2 is 2.08 bits per heavy atom. The lowest BCUT2D eigenvalue weighted by Gasteiger charge is -2.31. The number of aliphatic hydroxyl groups excluding tert-OH is 1. The average molecular weight is 512 g/mol. The molecule has 1 saturated heterocycles. The first-order valence-corrected chi connectivity index (χ1v) is 13.4. The molecule has 5 rings (SSSR count). The van der Waals surface area contributed by atoms with Gasteiger partial charge >= 0.3 is 0 Å². The molecule has 11 nitrogen and oxygen atoms in total. The number of β-amino-alcohol motifs (C(OH)–C–C–N with tert-alkyl or cyclic N) is 1. The molecule has 3 atom stereocenters. The Balaban J connectivity index is 1.60. The number of rotatable bonds is 7. The maximum absolute atomic E-state index is 13.4. The quantitative estimate of drug-likeness (QED) is 0.423. The number of H-pyrrole nitrogens is 1. The topological polar surface area (TPSA) is 144 Å². The van der Waals surface area contributed by atoms with Crippen LogP contribution in [0.1, 0.15) is 34.9 Å². The fourth-order valence-corrected chi connectivity index (χ4v) is 6.51. The first kappa shape index (κ1) is 24.3. The van der Waals surface area contributed by atoms with E-state index in [9.17, 15) is 18.3 Å². The number of hydrogen-bond donors (Lipinski definition) is 3. The first-order chi connectivity index (χ1) is 17.3. The van der Waals surface area contributed by atoms with Crippen molar-refractivity contribution in [2.75, 3.05) is 38.0 Å². The Morgan fingerprint density at radius 3 is 2.78 bits per heavy atom. The number of aliphatic hydroxyl groups is 1. The molecule has 12 heteroatoms. The number of nitrogens with one attached hydrogen (secondary N) is 2. The summed E-state index contributed by atoms with van der Waals surface area (Å²) in [5.74, 6) is -0.661. The molecule has 1 aromatic heterocycles. The van der Waals surface area contributed by atoms with Crippen LogP contribution < -0.4 is 9.62 Å². The van der Waals surface area contributed by atoms with Crippen LogP contribution in [0.15, 0.2) is 42.5 Å². The van der Waals surface area contributed by atoms with E-state index in [0.29, 0.717) is 31.0 Å². The van der Waals surface area contributed by atoms with E-state index >= 15 is 0 Å². The number of nitrogens with zero attached hydrogens (tertiary/aromatic N) is 5. The van der Waals surface area contributed by atoms with Crippen molar-refractivity contribution in [3.05, 3.63) is 59.2 Å². The molecular weight excluding hydrogens is 482 g/mol. The number of carbonyl (C=O) groups excluding carboxylic acids is 1. The molecule has 0 radical (unpaired) electrons. The summed E-state index contributed by atoms with van der Waals surface area (Å²) in [6.45, 7) is 1.80. The number of aromatic nitrogens is 4. The Hall–Kier alpha value is -3.35. The molecule has 1 unspecified atom stereocenters. The highest BCUT2D eigenvalue weighted by molar-refractivity contribution is 7.92. The third-order valence-electron chi connectivity index (χ3n) is 7.11. The standard InChI is InChI=1S/C24H29N7O4S/c1-25-24(33)22(16-6-7-18-14-36(34,35)30(2)21(18)11-16)20(13-31-9-8-19(32)12-31)15-4-3-5-17(10-15)23-26-28-29-27-23/h3-7,10-11,19-20,22,32H,8-9,12-14H2,1-2H3,(H,25,33)(H,26,27,28,29)/t19-,20+,22?/m0/s1. The van der Waals surface area contributed by atoms with Crippen LogP contribution in [0.5, 0.6) is 0 Å². The zero-order valence-electron chi connectivity index (χ0n) is 20.1. The number of likely N-dealkylation sites (N-methyl/N-ethyl adjacent to an activating group) is 1. The molecule has 1 amide bonds. The summed E-state index contributed by atoms with van der Waals surface area (Å²) in [7, 11) is -0.264. The second-order valence-electron chi connectivity index (χ2n) is 9.37. The minimum atomic E-state index is -3.41. The number of fused-ring (bicyclic) bond motifs is 1. The second kappa shape index (κ2) is 9.60. The summed E-state index contributed by atoms with van der Waals surface area (Å²) in [5, 5.41) is 27.2. The molecule has 190 valence electrons. The number of carbonyl (C=O) groups is 1. The van der Waals surface area contributed by atoms with Gasteiger partial charge in [-0.3, -0.25) is 9.10 Å². The highest BCUT2D eigenvalue weighted by Gasteiger charge is 2.36. The largest absolute Gasteiger partial charge is 0.392 e. The van der Waals surface area contributed by atoms with Crippen molar-refractivity contribution in [3.63, 3.8) is 0 Å². The van der Waals surface area contributed by atoms with Gasteiger partial charge in [-0.15, -0.1) is 10.2 Å². The predicted molar refractivity (Wildman–Crippen MR) is 134 cm³/mol. The van der Waals surface area contributed by atoms with E-state index in [1.54, 1.807) is 13.1 Å². The van der Waals surface area contributed by atoms with E-state index in [-0.39, 0.29) is 17.6 Å². The highest BCUT2D eigenvalue weighted by Crippen LogP contribution is 2.40. The van der Waals surface area contributed by atoms with Gasteiger partial charge in [0.05, 0.1) is 23.5 Å². The number of hydrogen-bond acceptors (Lipinski definition) is 8. The van der Waals surface area contributed by atoms with Crippen molar-refractivity contribution in [3.8, 4) is 11.4 Å². The minimum absolute atomic E-state index is 0.0500. The molecule has 0 saturated carbocycles. The molecule has 2 aromatic carbocycles. The van der Waals surface area contributed by atoms with Gasteiger partial charge in [0.25, 0.3) is 0 Å². The average Bonchev–Trinajstić information content (AvgIpc) is 3.60. The zero-order valence-corrected chi connectivity index (χ0v) is 20.9.